The molecule has 11 heavy (non-hydrogen) atoms. The van der Waals surface area contributed by atoms with E-state index in [9.17, 15) is 0 Å². The molecule has 0 aromatic carbocycles. The topological polar surface area (TPSA) is 0 Å². The fraction of sp³-hybridized carbons (Fsp3) is 0.333. The molecule has 0 fully saturated rings. The van der Waals surface area contributed by atoms with E-state index in [4.69, 9.17) is 0 Å². The van der Waals surface area contributed by atoms with E-state index in [-0.39, 0.29) is 12.4 Å². The van der Waals surface area contributed by atoms with Crippen molar-refractivity contribution in [3.8, 4) is 0 Å². The Bertz CT molecular complexity index is 97.0. The van der Waals surface area contributed by atoms with Crippen LogP contribution in [0.4, 0.5) is 0 Å². The van der Waals surface area contributed by atoms with Crippen LogP contribution in [0.5, 0.6) is 0 Å². The zero-order chi connectivity index (χ0) is 7.82. The van der Waals surface area contributed by atoms with E-state index in [1.165, 1.54) is 14.2 Å². The molecule has 0 amide bonds. The zero-order valence-corrected chi connectivity index (χ0v) is 9.17. The third kappa shape index (κ3) is 8.13. The Morgan fingerprint density at radius 2 is 1.09 bits per heavy atom. The number of allylic oxidation sites excluding steroid dienone is 3. The Labute approximate surface area is 82.3 Å². The monoisotopic (exact) mass is 206 g/mol. The van der Waals surface area contributed by atoms with E-state index < -0.39 is 17.9 Å². The van der Waals surface area contributed by atoms with Gasteiger partial charge >= 0.3 is 70.0 Å². The van der Waals surface area contributed by atoms with Gasteiger partial charge in [0.2, 0.25) is 0 Å². The first kappa shape index (κ1) is 13.8. The summed E-state index contributed by atoms with van der Waals surface area (Å²) in [5.41, 5.74) is 0. The van der Waals surface area contributed by atoms with E-state index in [0.717, 1.165) is 0 Å². The van der Waals surface area contributed by atoms with Crippen molar-refractivity contribution in [2.45, 2.75) is 14.2 Å². The van der Waals surface area contributed by atoms with Crippen molar-refractivity contribution in [2.75, 3.05) is 0 Å². The molecule has 0 aliphatic carbocycles. The molecule has 0 nitrogen and oxygen atoms in total. The maximum absolute atomic E-state index is 3.74. The zero-order valence-electron chi connectivity index (χ0n) is 6.85. The van der Waals surface area contributed by atoms with Gasteiger partial charge in [0.25, 0.3) is 0 Å². The van der Waals surface area contributed by atoms with Crippen LogP contribution in [0.1, 0.15) is 0 Å². The predicted octanol–water partition coefficient (Wildman–Crippen LogP) is 0.421. The van der Waals surface area contributed by atoms with Gasteiger partial charge in [-0.15, -0.1) is 0 Å². The van der Waals surface area contributed by atoms with Gasteiger partial charge in [-0.3, -0.25) is 0 Å². The van der Waals surface area contributed by atoms with Crippen LogP contribution in [0.2, 0.25) is 14.2 Å². The van der Waals surface area contributed by atoms with Crippen molar-refractivity contribution in [3.05, 3.63) is 38.0 Å². The quantitative estimate of drug-likeness (QED) is 0.437. The van der Waals surface area contributed by atoms with Crippen LogP contribution in [0.25, 0.3) is 0 Å². The van der Waals surface area contributed by atoms with Crippen LogP contribution >= 0.6 is 0 Å². The van der Waals surface area contributed by atoms with Gasteiger partial charge < -0.3 is 12.4 Å². The maximum Gasteiger partial charge on any atom is -1.00 e. The standard InChI is InChI=1S/3C3H5.ClH.Ti/c3*1-3-2;;/h3*3H,1-2H2;1H;/q;;;;+1/p-1. The van der Waals surface area contributed by atoms with Gasteiger partial charge in [-0.2, -0.15) is 0 Å². The summed E-state index contributed by atoms with van der Waals surface area (Å²) in [7, 11) is 0. The molecule has 0 bridgehead atoms. The fourth-order valence-electron chi connectivity index (χ4n) is 0.862. The molecule has 0 saturated heterocycles. The van der Waals surface area contributed by atoms with E-state index >= 15 is 0 Å². The molecular formula is C9H15ClTi. The molecule has 0 N–H and O–H groups in total. The summed E-state index contributed by atoms with van der Waals surface area (Å²) in [6, 6.07) is 0. The first-order valence-corrected chi connectivity index (χ1v) is 6.82. The minimum Gasteiger partial charge on any atom is -1.00 e. The third-order valence-electron chi connectivity index (χ3n) is 1.30. The predicted molar refractivity (Wildman–Crippen MR) is 45.0 cm³/mol. The number of rotatable bonds is 6. The summed E-state index contributed by atoms with van der Waals surface area (Å²) < 4.78 is 3.70. The van der Waals surface area contributed by atoms with Gasteiger partial charge in [-0.25, -0.2) is 0 Å². The first-order chi connectivity index (χ1) is 4.85. The first-order valence-electron chi connectivity index (χ1n) is 3.51. The van der Waals surface area contributed by atoms with Crippen LogP contribution in [-0.2, 0) is 17.9 Å². The molecule has 0 radical (unpaired) electrons. The summed E-state index contributed by atoms with van der Waals surface area (Å²) in [6.45, 7) is 11.2. The van der Waals surface area contributed by atoms with Crippen molar-refractivity contribution < 1.29 is 30.3 Å². The fourth-order valence-corrected chi connectivity index (χ4v) is 3.56. The van der Waals surface area contributed by atoms with E-state index in [0.29, 0.717) is 0 Å². The number of hydrogen-bond donors (Lipinski definition) is 0. The second-order valence-electron chi connectivity index (χ2n) is 2.23. The molecule has 0 aromatic rings. The molecule has 2 heteroatoms. The van der Waals surface area contributed by atoms with Gasteiger partial charge in [0, 0.05) is 0 Å². The molecular weight excluding hydrogens is 191 g/mol. The molecule has 62 valence electrons. The largest absolute Gasteiger partial charge is 1.00 e. The Morgan fingerprint density at radius 1 is 0.818 bits per heavy atom. The van der Waals surface area contributed by atoms with Gasteiger partial charge in [-0.1, -0.05) is 0 Å². The van der Waals surface area contributed by atoms with Crippen molar-refractivity contribution in [1.82, 2.24) is 0 Å². The molecule has 0 rings (SSSR count). The van der Waals surface area contributed by atoms with E-state index in [2.05, 4.69) is 19.7 Å². The van der Waals surface area contributed by atoms with E-state index in [1.54, 1.807) is 0 Å². The van der Waals surface area contributed by atoms with Gasteiger partial charge in [-0.05, 0) is 0 Å². The Hall–Kier alpha value is 0.224. The van der Waals surface area contributed by atoms with Crippen LogP contribution in [0.3, 0.4) is 0 Å². The normalized spacial score (nSPS) is 7.64. The Balaban J connectivity index is 0. The average Bonchev–Trinajstić information content (AvgIpc) is 1.90. The molecule has 0 spiro atoms. The Morgan fingerprint density at radius 3 is 1.27 bits per heavy atom. The van der Waals surface area contributed by atoms with Crippen LogP contribution < -0.4 is 12.4 Å². The van der Waals surface area contributed by atoms with Gasteiger partial charge in [0.15, 0.2) is 0 Å². The molecule has 0 aliphatic rings. The molecule has 0 saturated carbocycles. The van der Waals surface area contributed by atoms with Crippen molar-refractivity contribution in [2.24, 2.45) is 0 Å². The van der Waals surface area contributed by atoms with Crippen LogP contribution in [0.15, 0.2) is 38.0 Å². The SMILES string of the molecule is C=C[CH2][Ti+]([CH2]C=C)[CH2]C=C.[Cl-]. The smallest absolute Gasteiger partial charge is 1.00 e. The molecule has 0 aromatic heterocycles. The molecule has 0 heterocycles. The summed E-state index contributed by atoms with van der Waals surface area (Å²) in [4.78, 5) is 0. The maximum atomic E-state index is 3.74. The van der Waals surface area contributed by atoms with E-state index in [1.807, 2.05) is 18.2 Å². The van der Waals surface area contributed by atoms with Gasteiger partial charge in [0.1, 0.15) is 0 Å². The molecule has 0 unspecified atom stereocenters. The summed E-state index contributed by atoms with van der Waals surface area (Å²) in [6.07, 6.45) is 6.09. The van der Waals surface area contributed by atoms with Gasteiger partial charge in [0.05, 0.1) is 0 Å². The Kier molecular flexibility index (Phi) is 12.8. The molecule has 0 atom stereocenters. The van der Waals surface area contributed by atoms with Crippen molar-refractivity contribution in [3.63, 3.8) is 0 Å². The summed E-state index contributed by atoms with van der Waals surface area (Å²) >= 11 is -0.840. The van der Waals surface area contributed by atoms with Crippen molar-refractivity contribution >= 4 is 0 Å². The second kappa shape index (κ2) is 10.2. The van der Waals surface area contributed by atoms with Crippen molar-refractivity contribution in [1.29, 1.82) is 0 Å². The minimum absolute atomic E-state index is 0. The second-order valence-corrected chi connectivity index (χ2v) is 6.48. The molecule has 0 aliphatic heterocycles. The minimum atomic E-state index is -0.840. The van der Waals surface area contributed by atoms with Crippen LogP contribution in [-0.4, -0.2) is 0 Å². The average molecular weight is 207 g/mol. The summed E-state index contributed by atoms with van der Waals surface area (Å²) in [5, 5.41) is 0. The number of halogens is 1. The van der Waals surface area contributed by atoms with Crippen LogP contribution in [0, 0.1) is 0 Å². The summed E-state index contributed by atoms with van der Waals surface area (Å²) in [5.74, 6) is 0. The third-order valence-corrected chi connectivity index (χ3v) is 5.36. The number of hydrogen-bond acceptors (Lipinski definition) is 0.